The number of carbonyl (C=O) groups excluding carboxylic acids is 3. The van der Waals surface area contributed by atoms with Crippen LogP contribution in [0, 0.1) is 0 Å². The highest BCUT2D eigenvalue weighted by Gasteiger charge is 2.15. The molecule has 0 radical (unpaired) electrons. The van der Waals surface area contributed by atoms with Crippen LogP contribution in [0.5, 0.6) is 0 Å². The van der Waals surface area contributed by atoms with Gasteiger partial charge >= 0.3 is 5.97 Å². The molecule has 0 aliphatic rings. The summed E-state index contributed by atoms with van der Waals surface area (Å²) in [6.07, 6.45) is 0.995. The first kappa shape index (κ1) is 10.2. The van der Waals surface area contributed by atoms with Gasteiger partial charge in [-0.2, -0.15) is 0 Å². The van der Waals surface area contributed by atoms with Gasteiger partial charge in [-0.15, -0.1) is 0 Å². The van der Waals surface area contributed by atoms with E-state index in [0.717, 1.165) is 0 Å². The summed E-state index contributed by atoms with van der Waals surface area (Å²) in [7, 11) is 0. The fourth-order valence-corrected chi connectivity index (χ4v) is 1.03. The second kappa shape index (κ2) is 4.36. The number of rotatable bonds is 4. The average Bonchev–Trinajstić information content (AvgIpc) is 2.61. The predicted octanol–water partition coefficient (Wildman–Crippen LogP) is 0.816. The van der Waals surface area contributed by atoms with E-state index >= 15 is 0 Å². The highest BCUT2D eigenvalue weighted by molar-refractivity contribution is 5.99. The first-order valence-corrected chi connectivity index (χ1v) is 4.03. The molecule has 0 bridgehead atoms. The molecule has 0 aliphatic heterocycles. The summed E-state index contributed by atoms with van der Waals surface area (Å²) < 4.78 is 4.69. The van der Waals surface area contributed by atoms with Gasteiger partial charge in [0.25, 0.3) is 0 Å². The van der Waals surface area contributed by atoms with Crippen LogP contribution in [0.15, 0.2) is 6.07 Å². The van der Waals surface area contributed by atoms with Gasteiger partial charge in [0.1, 0.15) is 0 Å². The molecule has 0 fully saturated rings. The molecule has 0 saturated carbocycles. The van der Waals surface area contributed by atoms with Crippen molar-refractivity contribution in [2.75, 3.05) is 6.61 Å². The molecule has 0 amide bonds. The van der Waals surface area contributed by atoms with E-state index in [1.165, 1.54) is 6.07 Å². The summed E-state index contributed by atoms with van der Waals surface area (Å²) in [6.45, 7) is 1.88. The maximum Gasteiger partial charge on any atom is 0.340 e. The second-order valence-corrected chi connectivity index (χ2v) is 2.51. The number of nitrogens with one attached hydrogen (secondary N) is 1. The van der Waals surface area contributed by atoms with Gasteiger partial charge in [0.2, 0.25) is 0 Å². The van der Waals surface area contributed by atoms with Gasteiger partial charge in [0.15, 0.2) is 12.6 Å². The largest absolute Gasteiger partial charge is 0.462 e. The molecule has 0 aromatic carbocycles. The van der Waals surface area contributed by atoms with E-state index in [4.69, 9.17) is 4.74 Å². The van der Waals surface area contributed by atoms with E-state index < -0.39 is 5.97 Å². The normalized spacial score (nSPS) is 9.50. The monoisotopic (exact) mass is 195 g/mol. The van der Waals surface area contributed by atoms with Gasteiger partial charge < -0.3 is 9.72 Å². The number of esters is 1. The van der Waals surface area contributed by atoms with Gasteiger partial charge in [-0.1, -0.05) is 0 Å². The van der Waals surface area contributed by atoms with E-state index in [2.05, 4.69) is 4.98 Å². The van der Waals surface area contributed by atoms with Crippen molar-refractivity contribution in [3.05, 3.63) is 23.0 Å². The van der Waals surface area contributed by atoms with Crippen LogP contribution >= 0.6 is 0 Å². The molecule has 1 rings (SSSR count). The van der Waals surface area contributed by atoms with Crippen LogP contribution in [0.25, 0.3) is 0 Å². The number of hydrogen-bond donors (Lipinski definition) is 1. The number of ether oxygens (including phenoxy) is 1. The minimum Gasteiger partial charge on any atom is -0.462 e. The Balaban J connectivity index is 3.05. The zero-order valence-electron chi connectivity index (χ0n) is 7.57. The fourth-order valence-electron chi connectivity index (χ4n) is 1.03. The van der Waals surface area contributed by atoms with Gasteiger partial charge in [0.05, 0.1) is 23.6 Å². The third-order valence-corrected chi connectivity index (χ3v) is 1.61. The van der Waals surface area contributed by atoms with Crippen molar-refractivity contribution in [1.82, 2.24) is 4.98 Å². The molecule has 0 aliphatic carbocycles. The van der Waals surface area contributed by atoms with Crippen LogP contribution in [-0.4, -0.2) is 30.1 Å². The molecular weight excluding hydrogens is 186 g/mol. The predicted molar refractivity (Wildman–Crippen MR) is 47.5 cm³/mol. The standard InChI is InChI=1S/C9H9NO4/c1-2-14-9(13)7-3-6(4-11)10-8(7)5-12/h3-5,10H,2H2,1H3. The highest BCUT2D eigenvalue weighted by atomic mass is 16.5. The average molecular weight is 195 g/mol. The van der Waals surface area contributed by atoms with Crippen LogP contribution in [-0.2, 0) is 4.74 Å². The highest BCUT2D eigenvalue weighted by Crippen LogP contribution is 2.09. The molecule has 5 heteroatoms. The van der Waals surface area contributed by atoms with Crippen LogP contribution in [0.1, 0.15) is 38.3 Å². The third kappa shape index (κ3) is 1.87. The molecule has 14 heavy (non-hydrogen) atoms. The van der Waals surface area contributed by atoms with Crippen LogP contribution in [0.3, 0.4) is 0 Å². The zero-order chi connectivity index (χ0) is 10.6. The Kier molecular flexibility index (Phi) is 3.17. The topological polar surface area (TPSA) is 76.2 Å². The maximum absolute atomic E-state index is 11.2. The first-order chi connectivity index (χ1) is 6.72. The van der Waals surface area contributed by atoms with Gasteiger partial charge in [-0.05, 0) is 13.0 Å². The van der Waals surface area contributed by atoms with E-state index in [1.54, 1.807) is 6.92 Å². The number of hydrogen-bond acceptors (Lipinski definition) is 4. The number of carbonyl (C=O) groups is 3. The second-order valence-electron chi connectivity index (χ2n) is 2.51. The number of aromatic amines is 1. The molecular formula is C9H9NO4. The van der Waals surface area contributed by atoms with Crippen molar-refractivity contribution in [3.8, 4) is 0 Å². The number of aromatic nitrogens is 1. The lowest BCUT2D eigenvalue weighted by Gasteiger charge is -1.98. The summed E-state index contributed by atoms with van der Waals surface area (Å²) in [5.74, 6) is -0.612. The molecule has 1 aromatic rings. The number of aldehydes is 2. The van der Waals surface area contributed by atoms with Gasteiger partial charge in [-0.3, -0.25) is 9.59 Å². The molecule has 1 heterocycles. The fraction of sp³-hybridized carbons (Fsp3) is 0.222. The first-order valence-electron chi connectivity index (χ1n) is 4.03. The Morgan fingerprint density at radius 1 is 1.50 bits per heavy atom. The number of H-pyrrole nitrogens is 1. The Morgan fingerprint density at radius 2 is 2.21 bits per heavy atom. The Morgan fingerprint density at radius 3 is 2.71 bits per heavy atom. The summed E-state index contributed by atoms with van der Waals surface area (Å²) in [6, 6.07) is 1.29. The molecule has 1 aromatic heterocycles. The molecule has 0 unspecified atom stereocenters. The quantitative estimate of drug-likeness (QED) is 0.569. The lowest BCUT2D eigenvalue weighted by Crippen LogP contribution is -2.05. The van der Waals surface area contributed by atoms with Crippen LogP contribution < -0.4 is 0 Å². The molecule has 0 atom stereocenters. The van der Waals surface area contributed by atoms with Crippen LogP contribution in [0.2, 0.25) is 0 Å². The molecule has 0 spiro atoms. The van der Waals surface area contributed by atoms with E-state index in [0.29, 0.717) is 12.6 Å². The molecule has 5 nitrogen and oxygen atoms in total. The molecule has 1 N–H and O–H groups in total. The lowest BCUT2D eigenvalue weighted by atomic mass is 10.2. The van der Waals surface area contributed by atoms with E-state index in [-0.39, 0.29) is 23.6 Å². The van der Waals surface area contributed by atoms with Crippen LogP contribution in [0.4, 0.5) is 0 Å². The summed E-state index contributed by atoms with van der Waals surface area (Å²) in [4.78, 5) is 34.6. The van der Waals surface area contributed by atoms with Crippen molar-refractivity contribution in [1.29, 1.82) is 0 Å². The zero-order valence-corrected chi connectivity index (χ0v) is 7.57. The molecule has 0 saturated heterocycles. The maximum atomic E-state index is 11.2. The van der Waals surface area contributed by atoms with E-state index in [1.807, 2.05) is 0 Å². The summed E-state index contributed by atoms with van der Waals surface area (Å²) >= 11 is 0. The Labute approximate surface area is 80.1 Å². The lowest BCUT2D eigenvalue weighted by molar-refractivity contribution is 0.0524. The van der Waals surface area contributed by atoms with Crippen molar-refractivity contribution in [3.63, 3.8) is 0 Å². The third-order valence-electron chi connectivity index (χ3n) is 1.61. The van der Waals surface area contributed by atoms with Gasteiger partial charge in [-0.25, -0.2) is 4.79 Å². The minimum absolute atomic E-state index is 0.0607. The SMILES string of the molecule is CCOC(=O)c1cc(C=O)[nH]c1C=O. The van der Waals surface area contributed by atoms with Gasteiger partial charge in [0, 0.05) is 0 Å². The Bertz CT molecular complexity index is 367. The van der Waals surface area contributed by atoms with E-state index in [9.17, 15) is 14.4 Å². The van der Waals surface area contributed by atoms with Crippen molar-refractivity contribution < 1.29 is 19.1 Å². The Hall–Kier alpha value is -1.91. The summed E-state index contributed by atoms with van der Waals surface area (Å²) in [5.41, 5.74) is 0.324. The smallest absolute Gasteiger partial charge is 0.340 e. The van der Waals surface area contributed by atoms with Crippen molar-refractivity contribution in [2.24, 2.45) is 0 Å². The minimum atomic E-state index is -0.612. The molecule has 74 valence electrons. The summed E-state index contributed by atoms with van der Waals surface area (Å²) in [5, 5.41) is 0. The van der Waals surface area contributed by atoms with Crippen molar-refractivity contribution in [2.45, 2.75) is 6.92 Å². The van der Waals surface area contributed by atoms with Crippen molar-refractivity contribution >= 4 is 18.5 Å².